The van der Waals surface area contributed by atoms with Gasteiger partial charge in [-0.3, -0.25) is 0 Å². The zero-order valence-electron chi connectivity index (χ0n) is 9.45. The molecule has 0 spiro atoms. The molecule has 0 radical (unpaired) electrons. The lowest BCUT2D eigenvalue weighted by atomic mass is 10.1. The van der Waals surface area contributed by atoms with Crippen molar-refractivity contribution in [3.8, 4) is 0 Å². The van der Waals surface area contributed by atoms with E-state index in [1.165, 1.54) is 5.57 Å². The summed E-state index contributed by atoms with van der Waals surface area (Å²) in [5, 5.41) is 3.53. The summed E-state index contributed by atoms with van der Waals surface area (Å²) < 4.78 is 5.24. The molecular formula is C11H15ClN4O. The van der Waals surface area contributed by atoms with Gasteiger partial charge in [-0.15, -0.1) is 0 Å². The van der Waals surface area contributed by atoms with Crippen LogP contribution in [-0.2, 0) is 4.74 Å². The molecule has 5 nitrogen and oxygen atoms in total. The highest BCUT2D eigenvalue weighted by molar-refractivity contribution is 6.29. The lowest BCUT2D eigenvalue weighted by Crippen LogP contribution is -2.10. The Kier molecular flexibility index (Phi) is 4.17. The first kappa shape index (κ1) is 12.1. The van der Waals surface area contributed by atoms with Crippen LogP contribution in [0.3, 0.4) is 0 Å². The maximum Gasteiger partial charge on any atom is 0.223 e. The summed E-state index contributed by atoms with van der Waals surface area (Å²) in [7, 11) is 0. The Morgan fingerprint density at radius 3 is 3.06 bits per heavy atom. The molecule has 2 rings (SSSR count). The number of nitrogens with zero attached hydrogens (tertiary/aromatic N) is 2. The van der Waals surface area contributed by atoms with Crippen LogP contribution in [0.4, 0.5) is 11.8 Å². The molecule has 1 aliphatic heterocycles. The third kappa shape index (κ3) is 3.87. The molecule has 1 aromatic heterocycles. The van der Waals surface area contributed by atoms with Gasteiger partial charge < -0.3 is 15.8 Å². The number of aromatic nitrogens is 2. The quantitative estimate of drug-likeness (QED) is 0.634. The Morgan fingerprint density at radius 1 is 1.47 bits per heavy atom. The van der Waals surface area contributed by atoms with E-state index in [1.54, 1.807) is 6.07 Å². The van der Waals surface area contributed by atoms with E-state index in [0.717, 1.165) is 32.6 Å². The summed E-state index contributed by atoms with van der Waals surface area (Å²) in [5.41, 5.74) is 6.91. The van der Waals surface area contributed by atoms with Crippen molar-refractivity contribution in [1.29, 1.82) is 0 Å². The van der Waals surface area contributed by atoms with Crippen molar-refractivity contribution in [3.63, 3.8) is 0 Å². The van der Waals surface area contributed by atoms with Gasteiger partial charge in [0, 0.05) is 12.6 Å². The SMILES string of the molecule is Nc1nc(Cl)cc(NCCC2=CCOCC2)n1. The summed E-state index contributed by atoms with van der Waals surface area (Å²) >= 11 is 5.78. The van der Waals surface area contributed by atoms with Crippen LogP contribution in [0.1, 0.15) is 12.8 Å². The van der Waals surface area contributed by atoms with Crippen molar-refractivity contribution >= 4 is 23.4 Å². The molecule has 0 fully saturated rings. The highest BCUT2D eigenvalue weighted by Crippen LogP contribution is 2.14. The van der Waals surface area contributed by atoms with Gasteiger partial charge in [0.2, 0.25) is 5.95 Å². The summed E-state index contributed by atoms with van der Waals surface area (Å²) in [6.45, 7) is 2.35. The van der Waals surface area contributed by atoms with Crippen LogP contribution < -0.4 is 11.1 Å². The number of nitrogens with one attached hydrogen (secondary N) is 1. The molecule has 0 unspecified atom stereocenters. The van der Waals surface area contributed by atoms with Crippen molar-refractivity contribution in [2.75, 3.05) is 30.8 Å². The number of halogens is 1. The second-order valence-corrected chi connectivity index (χ2v) is 4.19. The van der Waals surface area contributed by atoms with Crippen LogP contribution >= 0.6 is 11.6 Å². The van der Waals surface area contributed by atoms with Gasteiger partial charge in [-0.05, 0) is 12.8 Å². The van der Waals surface area contributed by atoms with E-state index < -0.39 is 0 Å². The molecule has 0 atom stereocenters. The summed E-state index contributed by atoms with van der Waals surface area (Å²) in [6, 6.07) is 1.66. The van der Waals surface area contributed by atoms with E-state index in [0.29, 0.717) is 11.0 Å². The van der Waals surface area contributed by atoms with Gasteiger partial charge in [0.1, 0.15) is 11.0 Å². The number of anilines is 2. The monoisotopic (exact) mass is 254 g/mol. The van der Waals surface area contributed by atoms with E-state index in [1.807, 2.05) is 0 Å². The molecule has 0 aliphatic carbocycles. The van der Waals surface area contributed by atoms with E-state index in [2.05, 4.69) is 21.4 Å². The van der Waals surface area contributed by atoms with Gasteiger partial charge in [-0.1, -0.05) is 23.3 Å². The average Bonchev–Trinajstić information content (AvgIpc) is 2.29. The lowest BCUT2D eigenvalue weighted by Gasteiger charge is -2.13. The highest BCUT2D eigenvalue weighted by atomic mass is 35.5. The fourth-order valence-corrected chi connectivity index (χ4v) is 1.86. The predicted molar refractivity (Wildman–Crippen MR) is 68.1 cm³/mol. The summed E-state index contributed by atoms with van der Waals surface area (Å²) in [4.78, 5) is 7.84. The maximum absolute atomic E-state index is 5.78. The minimum Gasteiger partial charge on any atom is -0.377 e. The van der Waals surface area contributed by atoms with Crippen LogP contribution in [0.15, 0.2) is 17.7 Å². The molecule has 3 N–H and O–H groups in total. The molecule has 0 amide bonds. The highest BCUT2D eigenvalue weighted by Gasteiger charge is 2.04. The second-order valence-electron chi connectivity index (χ2n) is 3.80. The van der Waals surface area contributed by atoms with E-state index in [-0.39, 0.29) is 5.95 Å². The molecule has 0 bridgehead atoms. The summed E-state index contributed by atoms with van der Waals surface area (Å²) in [5.74, 6) is 0.848. The Bertz CT molecular complexity index is 402. The van der Waals surface area contributed by atoms with Crippen LogP contribution in [0, 0.1) is 0 Å². The minimum absolute atomic E-state index is 0.185. The Labute approximate surface area is 105 Å². The molecule has 1 aliphatic rings. The first-order valence-corrected chi connectivity index (χ1v) is 5.91. The van der Waals surface area contributed by atoms with Crippen molar-refractivity contribution in [1.82, 2.24) is 9.97 Å². The summed E-state index contributed by atoms with van der Waals surface area (Å²) in [6.07, 6.45) is 4.12. The van der Waals surface area contributed by atoms with Gasteiger partial charge in [0.15, 0.2) is 0 Å². The van der Waals surface area contributed by atoms with E-state index in [9.17, 15) is 0 Å². The Hall–Kier alpha value is -1.33. The van der Waals surface area contributed by atoms with Gasteiger partial charge in [0.05, 0.1) is 13.2 Å². The molecule has 0 saturated carbocycles. The van der Waals surface area contributed by atoms with Crippen LogP contribution in [0.25, 0.3) is 0 Å². The third-order valence-corrected chi connectivity index (χ3v) is 2.72. The number of hydrogen-bond acceptors (Lipinski definition) is 5. The zero-order chi connectivity index (χ0) is 12.1. The number of rotatable bonds is 4. The van der Waals surface area contributed by atoms with Gasteiger partial charge in [-0.25, -0.2) is 4.98 Å². The topological polar surface area (TPSA) is 73.1 Å². The number of hydrogen-bond donors (Lipinski definition) is 2. The second kappa shape index (κ2) is 5.84. The predicted octanol–water partition coefficient (Wildman–Crippen LogP) is 1.86. The Morgan fingerprint density at radius 2 is 2.35 bits per heavy atom. The lowest BCUT2D eigenvalue weighted by molar-refractivity contribution is 0.153. The minimum atomic E-state index is 0.185. The first-order chi connectivity index (χ1) is 8.24. The smallest absolute Gasteiger partial charge is 0.223 e. The standard InChI is InChI=1S/C11H15ClN4O/c12-9-7-10(16-11(13)15-9)14-4-1-8-2-5-17-6-3-8/h2,7H,1,3-6H2,(H3,13,14,15,16). The average molecular weight is 255 g/mol. The first-order valence-electron chi connectivity index (χ1n) is 5.53. The van der Waals surface area contributed by atoms with Gasteiger partial charge in [-0.2, -0.15) is 4.98 Å². The van der Waals surface area contributed by atoms with Crippen LogP contribution in [-0.4, -0.2) is 29.7 Å². The molecular weight excluding hydrogens is 240 g/mol. The van der Waals surface area contributed by atoms with Gasteiger partial charge in [0.25, 0.3) is 0 Å². The Balaban J connectivity index is 1.83. The fourth-order valence-electron chi connectivity index (χ4n) is 1.67. The number of ether oxygens (including phenoxy) is 1. The zero-order valence-corrected chi connectivity index (χ0v) is 10.2. The van der Waals surface area contributed by atoms with Crippen LogP contribution in [0.2, 0.25) is 5.15 Å². The largest absolute Gasteiger partial charge is 0.377 e. The molecule has 0 aromatic carbocycles. The van der Waals surface area contributed by atoms with Crippen molar-refractivity contribution in [2.45, 2.75) is 12.8 Å². The van der Waals surface area contributed by atoms with Crippen LogP contribution in [0.5, 0.6) is 0 Å². The molecule has 1 aromatic rings. The molecule has 6 heteroatoms. The molecule has 92 valence electrons. The van der Waals surface area contributed by atoms with Crippen molar-refractivity contribution < 1.29 is 4.74 Å². The third-order valence-electron chi connectivity index (χ3n) is 2.52. The molecule has 17 heavy (non-hydrogen) atoms. The number of nitrogens with two attached hydrogens (primary N) is 1. The van der Waals surface area contributed by atoms with E-state index in [4.69, 9.17) is 22.1 Å². The molecule has 0 saturated heterocycles. The maximum atomic E-state index is 5.78. The van der Waals surface area contributed by atoms with Crippen molar-refractivity contribution in [3.05, 3.63) is 22.9 Å². The van der Waals surface area contributed by atoms with Crippen molar-refractivity contribution in [2.24, 2.45) is 0 Å². The van der Waals surface area contributed by atoms with E-state index >= 15 is 0 Å². The van der Waals surface area contributed by atoms with Gasteiger partial charge >= 0.3 is 0 Å². The fraction of sp³-hybridized carbons (Fsp3) is 0.455. The normalized spacial score (nSPS) is 15.5. The molecule has 2 heterocycles. The number of nitrogen functional groups attached to an aromatic ring is 1.